The van der Waals surface area contributed by atoms with Gasteiger partial charge < -0.3 is 15.2 Å². The minimum atomic E-state index is -0.363. The van der Waals surface area contributed by atoms with E-state index in [0.717, 1.165) is 18.7 Å². The zero-order valence-electron chi connectivity index (χ0n) is 11.2. The normalized spacial score (nSPS) is 13.5. The molecule has 0 amide bonds. The molecule has 1 aromatic rings. The Balaban J connectivity index is 2.40. The van der Waals surface area contributed by atoms with E-state index in [0.29, 0.717) is 0 Å². The minimum Gasteiger partial charge on any atom is -0.497 e. The van der Waals surface area contributed by atoms with Crippen LogP contribution < -0.4 is 10.1 Å². The van der Waals surface area contributed by atoms with Gasteiger partial charge in [-0.05, 0) is 51.4 Å². The summed E-state index contributed by atoms with van der Waals surface area (Å²) in [5.74, 6) is 0.881. The van der Waals surface area contributed by atoms with E-state index in [1.807, 2.05) is 26.0 Å². The Hall–Kier alpha value is -1.06. The van der Waals surface area contributed by atoms with Gasteiger partial charge in [-0.25, -0.2) is 0 Å². The first-order valence-electron chi connectivity index (χ1n) is 6.02. The molecule has 0 bridgehead atoms. The third-order valence-corrected chi connectivity index (χ3v) is 3.20. The molecule has 0 spiro atoms. The molecule has 0 heterocycles. The van der Waals surface area contributed by atoms with Crippen LogP contribution in [0.5, 0.6) is 5.75 Å². The molecular weight excluding hydrogens is 214 g/mol. The molecule has 1 atom stereocenters. The van der Waals surface area contributed by atoms with Gasteiger partial charge in [0.15, 0.2) is 0 Å². The molecular formula is C14H23NO2. The van der Waals surface area contributed by atoms with Gasteiger partial charge in [-0.1, -0.05) is 12.1 Å². The van der Waals surface area contributed by atoms with Gasteiger partial charge in [-0.2, -0.15) is 0 Å². The zero-order chi connectivity index (χ0) is 12.9. The highest BCUT2D eigenvalue weighted by Gasteiger charge is 2.22. The van der Waals surface area contributed by atoms with E-state index >= 15 is 0 Å². The van der Waals surface area contributed by atoms with E-state index in [-0.39, 0.29) is 11.6 Å². The van der Waals surface area contributed by atoms with E-state index < -0.39 is 0 Å². The Morgan fingerprint density at radius 1 is 1.29 bits per heavy atom. The largest absolute Gasteiger partial charge is 0.497 e. The smallest absolute Gasteiger partial charge is 0.118 e. The SMILES string of the molecule is COc1ccc(CCNC(C)(C)C(C)O)cc1. The number of hydrogen-bond acceptors (Lipinski definition) is 3. The second-order valence-electron chi connectivity index (χ2n) is 4.92. The number of aliphatic hydroxyl groups is 1. The van der Waals surface area contributed by atoms with Gasteiger partial charge in [0.25, 0.3) is 0 Å². The number of benzene rings is 1. The summed E-state index contributed by atoms with van der Waals surface area (Å²) >= 11 is 0. The van der Waals surface area contributed by atoms with Crippen LogP contribution >= 0.6 is 0 Å². The predicted octanol–water partition coefficient (Wildman–Crippen LogP) is 1.99. The number of ether oxygens (including phenoxy) is 1. The van der Waals surface area contributed by atoms with Gasteiger partial charge in [0, 0.05) is 5.54 Å². The molecule has 1 aromatic carbocycles. The minimum absolute atomic E-state index is 0.244. The van der Waals surface area contributed by atoms with Crippen molar-refractivity contribution in [2.24, 2.45) is 0 Å². The number of rotatable bonds is 6. The summed E-state index contributed by atoms with van der Waals surface area (Å²) in [4.78, 5) is 0. The summed E-state index contributed by atoms with van der Waals surface area (Å²) in [5.41, 5.74) is 1.02. The molecule has 1 unspecified atom stereocenters. The van der Waals surface area contributed by atoms with Crippen LogP contribution in [0.15, 0.2) is 24.3 Å². The monoisotopic (exact) mass is 237 g/mol. The zero-order valence-corrected chi connectivity index (χ0v) is 11.2. The van der Waals surface area contributed by atoms with Crippen LogP contribution in [0, 0.1) is 0 Å². The predicted molar refractivity (Wildman–Crippen MR) is 70.5 cm³/mol. The highest BCUT2D eigenvalue weighted by molar-refractivity contribution is 5.27. The van der Waals surface area contributed by atoms with Gasteiger partial charge in [0.1, 0.15) is 5.75 Å². The van der Waals surface area contributed by atoms with E-state index in [9.17, 15) is 5.11 Å². The number of nitrogens with one attached hydrogen (secondary N) is 1. The lowest BCUT2D eigenvalue weighted by Gasteiger charge is -2.29. The fourth-order valence-electron chi connectivity index (χ4n) is 1.47. The summed E-state index contributed by atoms with van der Waals surface area (Å²) in [7, 11) is 1.67. The average molecular weight is 237 g/mol. The molecule has 0 fully saturated rings. The highest BCUT2D eigenvalue weighted by atomic mass is 16.5. The maximum Gasteiger partial charge on any atom is 0.118 e. The fourth-order valence-corrected chi connectivity index (χ4v) is 1.47. The standard InChI is InChI=1S/C14H23NO2/c1-11(16)14(2,3)15-10-9-12-5-7-13(17-4)8-6-12/h5-8,11,15-16H,9-10H2,1-4H3. The maximum absolute atomic E-state index is 9.57. The first-order chi connectivity index (χ1) is 7.95. The molecule has 0 radical (unpaired) electrons. The molecule has 3 nitrogen and oxygen atoms in total. The van der Waals surface area contributed by atoms with Crippen LogP contribution in [0.4, 0.5) is 0 Å². The van der Waals surface area contributed by atoms with Crippen molar-refractivity contribution < 1.29 is 9.84 Å². The van der Waals surface area contributed by atoms with Crippen molar-refractivity contribution in [2.45, 2.75) is 38.8 Å². The fraction of sp³-hybridized carbons (Fsp3) is 0.571. The van der Waals surface area contributed by atoms with E-state index in [4.69, 9.17) is 4.74 Å². The van der Waals surface area contributed by atoms with E-state index in [1.54, 1.807) is 14.0 Å². The van der Waals surface area contributed by atoms with Gasteiger partial charge in [-0.15, -0.1) is 0 Å². The second-order valence-corrected chi connectivity index (χ2v) is 4.92. The van der Waals surface area contributed by atoms with Crippen molar-refractivity contribution in [3.8, 4) is 5.75 Å². The topological polar surface area (TPSA) is 41.5 Å². The quantitative estimate of drug-likeness (QED) is 0.795. The Bertz CT molecular complexity index is 331. The molecule has 0 saturated carbocycles. The molecule has 0 aliphatic rings. The third kappa shape index (κ3) is 4.36. The average Bonchev–Trinajstić information content (AvgIpc) is 2.29. The lowest BCUT2D eigenvalue weighted by Crippen LogP contribution is -2.48. The number of methoxy groups -OCH3 is 1. The van der Waals surface area contributed by atoms with Crippen molar-refractivity contribution in [3.63, 3.8) is 0 Å². The summed E-state index contributed by atoms with van der Waals surface area (Å²) in [6, 6.07) is 8.07. The molecule has 0 saturated heterocycles. The van der Waals surface area contributed by atoms with Gasteiger partial charge in [0.2, 0.25) is 0 Å². The molecule has 0 aliphatic carbocycles. The van der Waals surface area contributed by atoms with Gasteiger partial charge in [0.05, 0.1) is 13.2 Å². The molecule has 17 heavy (non-hydrogen) atoms. The summed E-state index contributed by atoms with van der Waals surface area (Å²) in [6.45, 7) is 6.67. The molecule has 1 rings (SSSR count). The van der Waals surface area contributed by atoms with Gasteiger partial charge >= 0.3 is 0 Å². The van der Waals surface area contributed by atoms with Crippen LogP contribution in [0.1, 0.15) is 26.3 Å². The number of hydrogen-bond donors (Lipinski definition) is 2. The third-order valence-electron chi connectivity index (χ3n) is 3.20. The highest BCUT2D eigenvalue weighted by Crippen LogP contribution is 2.12. The summed E-state index contributed by atoms with van der Waals surface area (Å²) < 4.78 is 5.11. The van der Waals surface area contributed by atoms with Crippen LogP contribution in [0.3, 0.4) is 0 Å². The Labute approximate surface area is 104 Å². The first-order valence-corrected chi connectivity index (χ1v) is 6.02. The molecule has 0 aromatic heterocycles. The molecule has 96 valence electrons. The Morgan fingerprint density at radius 3 is 2.35 bits per heavy atom. The Morgan fingerprint density at radius 2 is 1.88 bits per heavy atom. The van der Waals surface area contributed by atoms with Crippen LogP contribution in [-0.2, 0) is 6.42 Å². The maximum atomic E-state index is 9.57. The number of aliphatic hydroxyl groups excluding tert-OH is 1. The molecule has 2 N–H and O–H groups in total. The van der Waals surface area contributed by atoms with Crippen molar-refractivity contribution >= 4 is 0 Å². The van der Waals surface area contributed by atoms with Crippen LogP contribution in [0.25, 0.3) is 0 Å². The second kappa shape index (κ2) is 6.03. The molecule has 3 heteroatoms. The van der Waals surface area contributed by atoms with Crippen LogP contribution in [-0.4, -0.2) is 30.4 Å². The van der Waals surface area contributed by atoms with Crippen LogP contribution in [0.2, 0.25) is 0 Å². The van der Waals surface area contributed by atoms with Crippen molar-refractivity contribution in [3.05, 3.63) is 29.8 Å². The van der Waals surface area contributed by atoms with Crippen molar-refractivity contribution in [1.82, 2.24) is 5.32 Å². The van der Waals surface area contributed by atoms with E-state index in [2.05, 4.69) is 17.4 Å². The van der Waals surface area contributed by atoms with Crippen molar-refractivity contribution in [2.75, 3.05) is 13.7 Å². The molecule has 0 aliphatic heterocycles. The van der Waals surface area contributed by atoms with Gasteiger partial charge in [-0.3, -0.25) is 0 Å². The van der Waals surface area contributed by atoms with Crippen molar-refractivity contribution in [1.29, 1.82) is 0 Å². The summed E-state index contributed by atoms with van der Waals surface area (Å²) in [5, 5.41) is 12.9. The summed E-state index contributed by atoms with van der Waals surface area (Å²) in [6.07, 6.45) is 0.582. The lowest BCUT2D eigenvalue weighted by molar-refractivity contribution is 0.0973. The first kappa shape index (κ1) is 14.0. The Kier molecular flexibility index (Phi) is 4.97. The van der Waals surface area contributed by atoms with E-state index in [1.165, 1.54) is 5.56 Å². The lowest BCUT2D eigenvalue weighted by atomic mass is 9.98.